The van der Waals surface area contributed by atoms with Gasteiger partial charge in [0.15, 0.2) is 11.5 Å². The third-order valence-electron chi connectivity index (χ3n) is 6.47. The molecule has 10 heteroatoms. The molecule has 1 fully saturated rings. The Kier molecular flexibility index (Phi) is 9.90. The van der Waals surface area contributed by atoms with E-state index in [0.29, 0.717) is 58.9 Å². The van der Waals surface area contributed by atoms with Crippen molar-refractivity contribution in [1.82, 2.24) is 20.2 Å². The van der Waals surface area contributed by atoms with Crippen LogP contribution in [0.3, 0.4) is 0 Å². The molecular formula is C30H32Cl2N4O4. The Morgan fingerprint density at radius 3 is 2.62 bits per heavy atom. The fraction of sp³-hybridized carbons (Fsp3) is 0.300. The molecule has 4 aromatic rings. The highest BCUT2D eigenvalue weighted by Crippen LogP contribution is 2.31. The van der Waals surface area contributed by atoms with Crippen LogP contribution in [-0.2, 0) is 18.0 Å². The highest BCUT2D eigenvalue weighted by Gasteiger charge is 2.19. The monoisotopic (exact) mass is 582 g/mol. The molecule has 0 radical (unpaired) electrons. The molecule has 2 amide bonds. The summed E-state index contributed by atoms with van der Waals surface area (Å²) >= 11 is 12.3. The number of imidazole rings is 1. The lowest BCUT2D eigenvalue weighted by Gasteiger charge is -2.16. The second-order valence-electron chi connectivity index (χ2n) is 9.27. The first-order chi connectivity index (χ1) is 19.0. The Morgan fingerprint density at radius 1 is 1.02 bits per heavy atom. The number of hydrogen-bond donors (Lipinski definition) is 2. The Morgan fingerprint density at radius 2 is 1.85 bits per heavy atom. The van der Waals surface area contributed by atoms with Crippen LogP contribution in [0.2, 0.25) is 10.0 Å². The van der Waals surface area contributed by atoms with E-state index in [2.05, 4.69) is 15.3 Å². The number of aromatic amines is 1. The van der Waals surface area contributed by atoms with Crippen LogP contribution >= 0.6 is 23.2 Å². The van der Waals surface area contributed by atoms with Gasteiger partial charge in [-0.25, -0.2) is 4.98 Å². The number of halogens is 2. The van der Waals surface area contributed by atoms with Crippen LogP contribution in [-0.4, -0.2) is 46.3 Å². The second kappa shape index (κ2) is 13.5. The Hall–Kier alpha value is -3.75. The molecule has 5 rings (SSSR count). The van der Waals surface area contributed by atoms with Gasteiger partial charge < -0.3 is 24.7 Å². The molecule has 1 aliphatic heterocycles. The normalized spacial score (nSPS) is 12.8. The van der Waals surface area contributed by atoms with Crippen molar-refractivity contribution >= 4 is 46.0 Å². The summed E-state index contributed by atoms with van der Waals surface area (Å²) in [5.41, 5.74) is 2.95. The summed E-state index contributed by atoms with van der Waals surface area (Å²) in [6, 6.07) is 18.0. The van der Waals surface area contributed by atoms with Gasteiger partial charge in [-0.3, -0.25) is 9.59 Å². The average molecular weight is 584 g/mol. The van der Waals surface area contributed by atoms with Crippen LogP contribution in [0.15, 0.2) is 60.7 Å². The predicted octanol–water partition coefficient (Wildman–Crippen LogP) is 6.41. The van der Waals surface area contributed by atoms with E-state index in [1.54, 1.807) is 36.4 Å². The molecule has 1 aromatic heterocycles. The fourth-order valence-electron chi connectivity index (χ4n) is 4.41. The number of H-pyrrole nitrogens is 1. The number of amides is 2. The third-order valence-corrected chi connectivity index (χ3v) is 7.06. The Bertz CT molecular complexity index is 1460. The van der Waals surface area contributed by atoms with Gasteiger partial charge in [0.1, 0.15) is 19.0 Å². The number of nitrogens with one attached hydrogen (secondary N) is 2. The summed E-state index contributed by atoms with van der Waals surface area (Å²) in [5.74, 6) is 1.47. The van der Waals surface area contributed by atoms with Gasteiger partial charge in [0.05, 0.1) is 11.0 Å². The molecule has 1 saturated heterocycles. The first-order valence-corrected chi connectivity index (χ1v) is 13.5. The molecule has 0 unspecified atom stereocenters. The molecule has 0 bridgehead atoms. The number of rotatable bonds is 11. The van der Waals surface area contributed by atoms with E-state index in [1.807, 2.05) is 29.2 Å². The van der Waals surface area contributed by atoms with E-state index >= 15 is 0 Å². The highest BCUT2D eigenvalue weighted by molar-refractivity contribution is 6.35. The zero-order valence-electron chi connectivity index (χ0n) is 21.2. The number of aromatic nitrogens is 2. The van der Waals surface area contributed by atoms with Gasteiger partial charge in [-0.05, 0) is 55.3 Å². The topological polar surface area (TPSA) is 96.5 Å². The molecule has 3 aromatic carbocycles. The van der Waals surface area contributed by atoms with Crippen LogP contribution in [0.25, 0.3) is 11.0 Å². The predicted molar refractivity (Wildman–Crippen MR) is 157 cm³/mol. The van der Waals surface area contributed by atoms with Gasteiger partial charge in [0.25, 0.3) is 5.91 Å². The summed E-state index contributed by atoms with van der Waals surface area (Å²) in [5, 5.41) is 3.94. The quantitative estimate of drug-likeness (QED) is 0.199. The summed E-state index contributed by atoms with van der Waals surface area (Å²) < 4.78 is 12.1. The van der Waals surface area contributed by atoms with Crippen LogP contribution in [0.1, 0.15) is 48.4 Å². The lowest BCUT2D eigenvalue weighted by molar-refractivity contribution is -0.127. The zero-order chi connectivity index (χ0) is 27.2. The molecule has 0 atom stereocenters. The molecule has 0 aliphatic carbocycles. The van der Waals surface area contributed by atoms with E-state index in [9.17, 15) is 9.59 Å². The number of nitrogens with zero attached hydrogens (tertiary/aromatic N) is 2. The Balaban J connectivity index is 0.00000370. The maximum atomic E-state index is 12.9. The van der Waals surface area contributed by atoms with Gasteiger partial charge in [-0.2, -0.15) is 0 Å². The van der Waals surface area contributed by atoms with E-state index < -0.39 is 0 Å². The van der Waals surface area contributed by atoms with E-state index in [-0.39, 0.29) is 32.5 Å². The summed E-state index contributed by atoms with van der Waals surface area (Å²) in [6.07, 6.45) is 2.20. The SMILES string of the molecule is C.O=C(NCCCN1CCCC1=O)c1ccc(OCc2nc3ccccc3[nH]2)c(OCc2ccc(Cl)cc2Cl)c1. The van der Waals surface area contributed by atoms with Crippen molar-refractivity contribution in [3.8, 4) is 11.5 Å². The van der Waals surface area contributed by atoms with Crippen molar-refractivity contribution in [2.24, 2.45) is 0 Å². The van der Waals surface area contributed by atoms with Crippen LogP contribution < -0.4 is 14.8 Å². The van der Waals surface area contributed by atoms with Gasteiger partial charge in [-0.15, -0.1) is 0 Å². The van der Waals surface area contributed by atoms with Crippen LogP contribution in [0.5, 0.6) is 11.5 Å². The first kappa shape index (κ1) is 29.2. The molecule has 2 heterocycles. The van der Waals surface area contributed by atoms with Crippen LogP contribution in [0.4, 0.5) is 0 Å². The van der Waals surface area contributed by atoms with Crippen molar-refractivity contribution in [1.29, 1.82) is 0 Å². The number of hydrogen-bond acceptors (Lipinski definition) is 5. The van der Waals surface area contributed by atoms with Crippen molar-refractivity contribution in [2.45, 2.75) is 39.9 Å². The van der Waals surface area contributed by atoms with Gasteiger partial charge >= 0.3 is 0 Å². The lowest BCUT2D eigenvalue weighted by atomic mass is 10.1. The number of para-hydroxylation sites is 2. The van der Waals surface area contributed by atoms with Gasteiger partial charge in [-0.1, -0.05) is 48.8 Å². The smallest absolute Gasteiger partial charge is 0.251 e. The number of carbonyl (C=O) groups is 2. The maximum absolute atomic E-state index is 12.9. The number of ether oxygens (including phenoxy) is 2. The molecular weight excluding hydrogens is 551 g/mol. The molecule has 210 valence electrons. The maximum Gasteiger partial charge on any atom is 0.251 e. The third kappa shape index (κ3) is 7.25. The molecule has 0 spiro atoms. The van der Waals surface area contributed by atoms with Crippen molar-refractivity contribution in [3.63, 3.8) is 0 Å². The van der Waals surface area contributed by atoms with Gasteiger partial charge in [0, 0.05) is 47.2 Å². The van der Waals surface area contributed by atoms with E-state index in [0.717, 1.165) is 29.6 Å². The van der Waals surface area contributed by atoms with E-state index in [4.69, 9.17) is 32.7 Å². The standard InChI is InChI=1S/C29H28Cl2N4O4.CH4/c30-21-10-8-20(22(31)16-21)17-38-26-15-19(29(37)32-12-4-14-35-13-3-7-28(35)36)9-11-25(26)39-18-27-33-23-5-1-2-6-24(23)34-27;/h1-2,5-6,8-11,15-16H,3-4,7,12-14,17-18H2,(H,32,37)(H,33,34);1H4. The zero-order valence-corrected chi connectivity index (χ0v) is 22.7. The summed E-state index contributed by atoms with van der Waals surface area (Å²) in [7, 11) is 0. The largest absolute Gasteiger partial charge is 0.485 e. The minimum absolute atomic E-state index is 0. The average Bonchev–Trinajstić information content (AvgIpc) is 3.54. The number of benzene rings is 3. The summed E-state index contributed by atoms with van der Waals surface area (Å²) in [6.45, 7) is 2.24. The fourth-order valence-corrected chi connectivity index (χ4v) is 4.87. The molecule has 40 heavy (non-hydrogen) atoms. The molecule has 1 aliphatic rings. The highest BCUT2D eigenvalue weighted by atomic mass is 35.5. The minimum Gasteiger partial charge on any atom is -0.485 e. The van der Waals surface area contributed by atoms with Gasteiger partial charge in [0.2, 0.25) is 5.91 Å². The lowest BCUT2D eigenvalue weighted by Crippen LogP contribution is -2.30. The van der Waals surface area contributed by atoms with Crippen molar-refractivity contribution < 1.29 is 19.1 Å². The van der Waals surface area contributed by atoms with Crippen molar-refractivity contribution in [2.75, 3.05) is 19.6 Å². The molecule has 8 nitrogen and oxygen atoms in total. The number of fused-ring (bicyclic) bond motifs is 1. The first-order valence-electron chi connectivity index (χ1n) is 12.8. The number of likely N-dealkylation sites (tertiary alicyclic amines) is 1. The van der Waals surface area contributed by atoms with Crippen LogP contribution in [0, 0.1) is 0 Å². The van der Waals surface area contributed by atoms with E-state index in [1.165, 1.54) is 0 Å². The number of carbonyl (C=O) groups excluding carboxylic acids is 2. The molecule has 0 saturated carbocycles. The Labute approximate surface area is 243 Å². The minimum atomic E-state index is -0.235. The van der Waals surface area contributed by atoms with Crippen molar-refractivity contribution in [3.05, 3.63) is 87.7 Å². The second-order valence-corrected chi connectivity index (χ2v) is 10.1. The summed E-state index contributed by atoms with van der Waals surface area (Å²) in [4.78, 5) is 34.3. The molecule has 2 N–H and O–H groups in total.